The molecular weight excluding hydrogens is 665 g/mol. The van der Waals surface area contributed by atoms with Crippen molar-refractivity contribution in [2.75, 3.05) is 0 Å². The monoisotopic (exact) mass is 692 g/mol. The Morgan fingerprint density at radius 1 is 0.434 bits per heavy atom. The third kappa shape index (κ3) is 4.12. The number of benzene rings is 8. The van der Waals surface area contributed by atoms with Crippen LogP contribution < -0.4 is 0 Å². The van der Waals surface area contributed by atoms with Crippen molar-refractivity contribution in [2.24, 2.45) is 0 Å². The highest BCUT2D eigenvalue weighted by Gasteiger charge is 2.23. The van der Waals surface area contributed by atoms with E-state index in [9.17, 15) is 0 Å². The maximum absolute atomic E-state index is 6.16. The lowest BCUT2D eigenvalue weighted by atomic mass is 9.95. The van der Waals surface area contributed by atoms with Gasteiger partial charge in [0.05, 0.1) is 32.6 Å². The van der Waals surface area contributed by atoms with Crippen molar-refractivity contribution in [1.82, 2.24) is 9.55 Å². The summed E-state index contributed by atoms with van der Waals surface area (Å²) in [6, 6.07) is 61.1. The van der Waals surface area contributed by atoms with Gasteiger partial charge in [0.2, 0.25) is 0 Å². The van der Waals surface area contributed by atoms with Crippen molar-refractivity contribution in [3.05, 3.63) is 170 Å². The Balaban J connectivity index is 1.19. The molecule has 12 rings (SSSR count). The summed E-state index contributed by atoms with van der Waals surface area (Å²) in [5, 5.41) is 10.9. The summed E-state index contributed by atoms with van der Waals surface area (Å²) in [5.41, 5.74) is 10.8. The first kappa shape index (κ1) is 28.9. The van der Waals surface area contributed by atoms with Crippen LogP contribution in [0.3, 0.4) is 0 Å². The first-order chi connectivity index (χ1) is 26.3. The molecule has 0 N–H and O–H groups in total. The normalized spacial score (nSPS) is 12.2. The minimum Gasteiger partial charge on any atom is -0.456 e. The zero-order valence-corrected chi connectivity index (χ0v) is 29.2. The summed E-state index contributed by atoms with van der Waals surface area (Å²) in [7, 11) is 0. The molecule has 0 saturated heterocycles. The molecule has 0 aliphatic heterocycles. The van der Waals surface area contributed by atoms with Crippen LogP contribution in [0, 0.1) is 0 Å². The first-order valence-corrected chi connectivity index (χ1v) is 18.8. The summed E-state index contributed by atoms with van der Waals surface area (Å²) in [6.45, 7) is 0. The molecule has 0 atom stereocenters. The van der Waals surface area contributed by atoms with E-state index in [2.05, 4.69) is 162 Å². The highest BCUT2D eigenvalue weighted by Crippen LogP contribution is 2.48. The molecule has 0 amide bonds. The lowest BCUT2D eigenvalue weighted by Gasteiger charge is -2.16. The van der Waals surface area contributed by atoms with Crippen molar-refractivity contribution >= 4 is 96.9 Å². The molecule has 0 unspecified atom stereocenters. The number of fused-ring (bicyclic) bond motifs is 13. The molecule has 0 aliphatic carbocycles. The summed E-state index contributed by atoms with van der Waals surface area (Å²) < 4.78 is 11.2. The van der Waals surface area contributed by atoms with Gasteiger partial charge in [0.15, 0.2) is 0 Å². The molecule has 0 bridgehead atoms. The van der Waals surface area contributed by atoms with Crippen LogP contribution in [0.15, 0.2) is 174 Å². The topological polar surface area (TPSA) is 31.0 Å². The molecule has 0 radical (unpaired) electrons. The van der Waals surface area contributed by atoms with E-state index in [1.165, 1.54) is 69.6 Å². The number of furan rings is 1. The van der Waals surface area contributed by atoms with Crippen molar-refractivity contribution in [3.63, 3.8) is 0 Å². The van der Waals surface area contributed by atoms with Gasteiger partial charge >= 0.3 is 0 Å². The van der Waals surface area contributed by atoms with Crippen LogP contribution in [-0.4, -0.2) is 9.55 Å². The fourth-order valence-electron chi connectivity index (χ4n) is 8.61. The summed E-state index contributed by atoms with van der Waals surface area (Å²) in [6.07, 6.45) is 0. The van der Waals surface area contributed by atoms with Crippen LogP contribution in [0.4, 0.5) is 0 Å². The van der Waals surface area contributed by atoms with Gasteiger partial charge in [-0.1, -0.05) is 115 Å². The lowest BCUT2D eigenvalue weighted by Crippen LogP contribution is -1.97. The van der Waals surface area contributed by atoms with Gasteiger partial charge in [0.25, 0.3) is 0 Å². The van der Waals surface area contributed by atoms with Crippen molar-refractivity contribution in [2.45, 2.75) is 0 Å². The van der Waals surface area contributed by atoms with Crippen LogP contribution >= 0.6 is 11.3 Å². The zero-order chi connectivity index (χ0) is 34.6. The van der Waals surface area contributed by atoms with Gasteiger partial charge in [-0.15, -0.1) is 11.3 Å². The zero-order valence-electron chi connectivity index (χ0n) is 28.4. The second kappa shape index (κ2) is 10.9. The van der Waals surface area contributed by atoms with Crippen molar-refractivity contribution < 1.29 is 4.42 Å². The second-order valence-electron chi connectivity index (χ2n) is 13.9. The van der Waals surface area contributed by atoms with Crippen molar-refractivity contribution in [1.29, 1.82) is 0 Å². The first-order valence-electron chi connectivity index (χ1n) is 18.0. The number of para-hydroxylation sites is 3. The quantitative estimate of drug-likeness (QED) is 0.173. The second-order valence-corrected chi connectivity index (χ2v) is 14.9. The standard InChI is InChI=1S/C49H28N2OS/c1-2-12-29(13-3-1)48-38-28-42(49-47(35-17-7-11-21-45(35)53-49)46(38)34-16-4-8-18-39(34)50-48)51-40-19-9-5-14-32(40)36-26-30(22-24-41(36)51)31-23-25-44-37(27-31)33-15-6-10-20-43(33)52-44/h1-28H. The maximum atomic E-state index is 6.16. The van der Waals surface area contributed by atoms with E-state index in [0.29, 0.717) is 0 Å². The minimum absolute atomic E-state index is 0.911. The Bertz CT molecular complexity index is 3460. The predicted molar refractivity (Wildman–Crippen MR) is 225 cm³/mol. The van der Waals surface area contributed by atoms with E-state index in [0.717, 1.165) is 44.1 Å². The Labute approximate surface area is 307 Å². The Morgan fingerprint density at radius 3 is 1.98 bits per heavy atom. The summed E-state index contributed by atoms with van der Waals surface area (Å²) in [5.74, 6) is 0. The smallest absolute Gasteiger partial charge is 0.135 e. The van der Waals surface area contributed by atoms with Gasteiger partial charge in [-0.25, -0.2) is 4.98 Å². The maximum Gasteiger partial charge on any atom is 0.135 e. The molecular formula is C49H28N2OS. The number of rotatable bonds is 3. The van der Waals surface area contributed by atoms with E-state index >= 15 is 0 Å². The predicted octanol–water partition coefficient (Wildman–Crippen LogP) is 14.1. The van der Waals surface area contributed by atoms with Gasteiger partial charge in [-0.3, -0.25) is 0 Å². The molecule has 0 spiro atoms. The van der Waals surface area contributed by atoms with Crippen LogP contribution in [0.25, 0.3) is 114 Å². The molecule has 53 heavy (non-hydrogen) atoms. The molecule has 0 fully saturated rings. The SMILES string of the molecule is c1ccc(-c2nc3ccccc3c3c2cc(-n2c4ccccc4c4cc(-c5ccc6oc7ccccc7c6c5)ccc42)c2sc4ccccc4c23)cc1. The molecule has 0 saturated carbocycles. The fraction of sp³-hybridized carbons (Fsp3) is 0. The van der Waals surface area contributed by atoms with E-state index in [1.807, 2.05) is 23.5 Å². The molecule has 0 aliphatic rings. The fourth-order valence-corrected chi connectivity index (χ4v) is 9.83. The Kier molecular flexibility index (Phi) is 5.93. The highest BCUT2D eigenvalue weighted by atomic mass is 32.1. The Morgan fingerprint density at radius 2 is 1.09 bits per heavy atom. The third-order valence-corrected chi connectivity index (χ3v) is 12.2. The lowest BCUT2D eigenvalue weighted by molar-refractivity contribution is 0.669. The van der Waals surface area contributed by atoms with Gasteiger partial charge in [-0.05, 0) is 65.7 Å². The minimum atomic E-state index is 0.911. The number of nitrogens with zero attached hydrogens (tertiary/aromatic N) is 2. The molecule has 4 aromatic heterocycles. The average molecular weight is 693 g/mol. The largest absolute Gasteiger partial charge is 0.456 e. The van der Waals surface area contributed by atoms with Gasteiger partial charge in [0.1, 0.15) is 11.2 Å². The number of hydrogen-bond acceptors (Lipinski definition) is 3. The molecule has 3 nitrogen and oxygen atoms in total. The van der Waals surface area contributed by atoms with Crippen molar-refractivity contribution in [3.8, 4) is 28.1 Å². The third-order valence-electron chi connectivity index (χ3n) is 11.0. The molecule has 4 heterocycles. The average Bonchev–Trinajstić information content (AvgIpc) is 3.90. The van der Waals surface area contributed by atoms with Crippen LogP contribution in [0.2, 0.25) is 0 Å². The van der Waals surface area contributed by atoms with Crippen LogP contribution in [0.1, 0.15) is 0 Å². The molecule has 12 aromatic rings. The molecule has 246 valence electrons. The number of thiophene rings is 1. The van der Waals surface area contributed by atoms with Gasteiger partial charge < -0.3 is 8.98 Å². The number of pyridine rings is 1. The Hall–Kier alpha value is -6.75. The van der Waals surface area contributed by atoms with Gasteiger partial charge in [-0.2, -0.15) is 0 Å². The molecule has 4 heteroatoms. The van der Waals surface area contributed by atoms with E-state index in [-0.39, 0.29) is 0 Å². The number of aromatic nitrogens is 2. The van der Waals surface area contributed by atoms with E-state index in [4.69, 9.17) is 9.40 Å². The summed E-state index contributed by atoms with van der Waals surface area (Å²) in [4.78, 5) is 5.36. The van der Waals surface area contributed by atoms with Crippen LogP contribution in [0.5, 0.6) is 0 Å². The van der Waals surface area contributed by atoms with E-state index in [1.54, 1.807) is 0 Å². The highest BCUT2D eigenvalue weighted by molar-refractivity contribution is 7.26. The number of hydrogen-bond donors (Lipinski definition) is 0. The summed E-state index contributed by atoms with van der Waals surface area (Å²) >= 11 is 1.88. The van der Waals surface area contributed by atoms with Gasteiger partial charge in [0, 0.05) is 58.7 Å². The molecule has 8 aromatic carbocycles. The van der Waals surface area contributed by atoms with Crippen LogP contribution in [-0.2, 0) is 0 Å². The van der Waals surface area contributed by atoms with E-state index < -0.39 is 0 Å².